The first-order valence-electron chi connectivity index (χ1n) is 5.68. The lowest BCUT2D eigenvalue weighted by atomic mass is 10.1. The molecule has 0 aliphatic carbocycles. The van der Waals surface area contributed by atoms with Gasteiger partial charge in [-0.3, -0.25) is 4.68 Å². The minimum atomic E-state index is 0.777. The summed E-state index contributed by atoms with van der Waals surface area (Å²) in [5.41, 5.74) is 9.72. The molecule has 0 aliphatic heterocycles. The predicted molar refractivity (Wildman–Crippen MR) is 76.4 cm³/mol. The zero-order chi connectivity index (χ0) is 12.5. The summed E-state index contributed by atoms with van der Waals surface area (Å²) < 4.78 is 1.90. The summed E-state index contributed by atoms with van der Waals surface area (Å²) >= 11 is 1.70. The van der Waals surface area contributed by atoms with Crippen LogP contribution in [0.25, 0.3) is 21.8 Å². The number of benzene rings is 1. The second kappa shape index (κ2) is 4.31. The van der Waals surface area contributed by atoms with Gasteiger partial charge in [0.1, 0.15) is 5.69 Å². The van der Waals surface area contributed by atoms with Crippen molar-refractivity contribution in [1.29, 1.82) is 0 Å². The molecule has 90 valence electrons. The summed E-state index contributed by atoms with van der Waals surface area (Å²) in [5, 5.41) is 6.61. The molecule has 3 aromatic rings. The maximum Gasteiger partial charge on any atom is 0.103 e. The van der Waals surface area contributed by atoms with Crippen molar-refractivity contribution >= 4 is 17.0 Å². The molecule has 0 unspecified atom stereocenters. The van der Waals surface area contributed by atoms with Crippen LogP contribution >= 0.6 is 11.3 Å². The van der Waals surface area contributed by atoms with Gasteiger partial charge in [0.15, 0.2) is 0 Å². The number of nitrogen functional groups attached to an aromatic ring is 1. The topological polar surface area (TPSA) is 43.8 Å². The molecule has 0 saturated carbocycles. The van der Waals surface area contributed by atoms with E-state index in [4.69, 9.17) is 5.73 Å². The van der Waals surface area contributed by atoms with Gasteiger partial charge in [0.05, 0.1) is 10.6 Å². The van der Waals surface area contributed by atoms with Gasteiger partial charge in [-0.2, -0.15) is 5.10 Å². The van der Waals surface area contributed by atoms with Crippen LogP contribution in [0.15, 0.2) is 47.8 Å². The highest BCUT2D eigenvalue weighted by molar-refractivity contribution is 7.13. The SMILES string of the molecule is Cn1nc(-c2cccs2)cc1-c1ccc(N)cc1. The molecule has 4 heteroatoms. The van der Waals surface area contributed by atoms with Crippen LogP contribution in [-0.2, 0) is 7.05 Å². The van der Waals surface area contributed by atoms with Gasteiger partial charge in [0.2, 0.25) is 0 Å². The Morgan fingerprint density at radius 2 is 1.94 bits per heavy atom. The molecule has 0 radical (unpaired) electrons. The molecule has 0 fully saturated rings. The Balaban J connectivity index is 2.06. The summed E-state index contributed by atoms with van der Waals surface area (Å²) in [6.45, 7) is 0. The lowest BCUT2D eigenvalue weighted by Crippen LogP contribution is -1.93. The van der Waals surface area contributed by atoms with E-state index in [9.17, 15) is 0 Å². The molecular weight excluding hydrogens is 242 g/mol. The van der Waals surface area contributed by atoms with Crippen molar-refractivity contribution in [3.63, 3.8) is 0 Å². The normalized spacial score (nSPS) is 10.7. The number of thiophene rings is 1. The second-order valence-corrected chi connectivity index (χ2v) is 5.09. The molecule has 2 N–H and O–H groups in total. The highest BCUT2D eigenvalue weighted by Gasteiger charge is 2.09. The number of hydrogen-bond donors (Lipinski definition) is 1. The van der Waals surface area contributed by atoms with Crippen molar-refractivity contribution in [1.82, 2.24) is 9.78 Å². The molecule has 1 aromatic carbocycles. The van der Waals surface area contributed by atoms with Gasteiger partial charge in [0.25, 0.3) is 0 Å². The smallest absolute Gasteiger partial charge is 0.103 e. The zero-order valence-corrected chi connectivity index (χ0v) is 10.8. The Morgan fingerprint density at radius 1 is 1.17 bits per heavy atom. The van der Waals surface area contributed by atoms with Crippen molar-refractivity contribution in [2.75, 3.05) is 5.73 Å². The Hall–Kier alpha value is -2.07. The quantitative estimate of drug-likeness (QED) is 0.713. The minimum Gasteiger partial charge on any atom is -0.399 e. The van der Waals surface area contributed by atoms with E-state index in [1.54, 1.807) is 11.3 Å². The van der Waals surface area contributed by atoms with Crippen LogP contribution in [-0.4, -0.2) is 9.78 Å². The summed E-state index contributed by atoms with van der Waals surface area (Å²) in [5.74, 6) is 0. The van der Waals surface area contributed by atoms with Crippen molar-refractivity contribution in [3.05, 3.63) is 47.8 Å². The maximum absolute atomic E-state index is 5.70. The minimum absolute atomic E-state index is 0.777. The third-order valence-corrected chi connectivity index (χ3v) is 3.75. The number of rotatable bonds is 2. The first-order chi connectivity index (χ1) is 8.74. The fraction of sp³-hybridized carbons (Fsp3) is 0.0714. The fourth-order valence-electron chi connectivity index (χ4n) is 1.94. The molecule has 0 aliphatic rings. The van der Waals surface area contributed by atoms with Crippen molar-refractivity contribution < 1.29 is 0 Å². The number of hydrogen-bond acceptors (Lipinski definition) is 3. The number of nitrogens with zero attached hydrogens (tertiary/aromatic N) is 2. The van der Waals surface area contributed by atoms with E-state index in [0.717, 1.165) is 22.6 Å². The van der Waals surface area contributed by atoms with Crippen LogP contribution in [0.4, 0.5) is 5.69 Å². The average Bonchev–Trinajstić information content (AvgIpc) is 2.99. The van der Waals surface area contributed by atoms with E-state index in [2.05, 4.69) is 22.6 Å². The lowest BCUT2D eigenvalue weighted by molar-refractivity contribution is 0.779. The van der Waals surface area contributed by atoms with Crippen LogP contribution in [0.5, 0.6) is 0 Å². The third kappa shape index (κ3) is 1.91. The molecule has 0 atom stereocenters. The Bertz CT molecular complexity index is 651. The van der Waals surface area contributed by atoms with E-state index < -0.39 is 0 Å². The van der Waals surface area contributed by atoms with Gasteiger partial charge in [-0.25, -0.2) is 0 Å². The molecule has 3 rings (SSSR count). The standard InChI is InChI=1S/C14H13N3S/c1-17-13(10-4-6-11(15)7-5-10)9-12(16-17)14-3-2-8-18-14/h2-9H,15H2,1H3. The Labute approximate surface area is 109 Å². The summed E-state index contributed by atoms with van der Waals surface area (Å²) in [4.78, 5) is 1.19. The monoisotopic (exact) mass is 255 g/mol. The highest BCUT2D eigenvalue weighted by atomic mass is 32.1. The highest BCUT2D eigenvalue weighted by Crippen LogP contribution is 2.28. The number of nitrogens with two attached hydrogens (primary N) is 1. The largest absolute Gasteiger partial charge is 0.399 e. The van der Waals surface area contributed by atoms with Crippen LogP contribution in [0.2, 0.25) is 0 Å². The van der Waals surface area contributed by atoms with Crippen LogP contribution in [0.3, 0.4) is 0 Å². The van der Waals surface area contributed by atoms with Crippen LogP contribution < -0.4 is 5.73 Å². The first-order valence-corrected chi connectivity index (χ1v) is 6.56. The molecule has 2 aromatic heterocycles. The zero-order valence-electron chi connectivity index (χ0n) is 10.00. The molecule has 0 bridgehead atoms. The lowest BCUT2D eigenvalue weighted by Gasteiger charge is -2.01. The third-order valence-electron chi connectivity index (χ3n) is 2.86. The van der Waals surface area contributed by atoms with Gasteiger partial charge in [0, 0.05) is 12.7 Å². The molecule has 0 amide bonds. The van der Waals surface area contributed by atoms with Crippen molar-refractivity contribution in [2.24, 2.45) is 7.05 Å². The van der Waals surface area contributed by atoms with E-state index in [0.29, 0.717) is 0 Å². The van der Waals surface area contributed by atoms with Gasteiger partial charge in [-0.15, -0.1) is 11.3 Å². The first kappa shape index (κ1) is 11.0. The summed E-state index contributed by atoms with van der Waals surface area (Å²) in [6, 6.07) is 14.1. The van der Waals surface area contributed by atoms with Gasteiger partial charge >= 0.3 is 0 Å². The van der Waals surface area contributed by atoms with E-state index in [1.807, 2.05) is 42.1 Å². The molecule has 0 saturated heterocycles. The fourth-order valence-corrected chi connectivity index (χ4v) is 2.62. The van der Waals surface area contributed by atoms with E-state index >= 15 is 0 Å². The predicted octanol–water partition coefficient (Wildman–Crippen LogP) is 3.40. The van der Waals surface area contributed by atoms with Gasteiger partial charge < -0.3 is 5.73 Å². The number of aryl methyl sites for hydroxylation is 1. The molecule has 18 heavy (non-hydrogen) atoms. The average molecular weight is 255 g/mol. The van der Waals surface area contributed by atoms with Crippen LogP contribution in [0, 0.1) is 0 Å². The van der Waals surface area contributed by atoms with Crippen LogP contribution in [0.1, 0.15) is 0 Å². The molecule has 3 nitrogen and oxygen atoms in total. The Morgan fingerprint density at radius 3 is 2.61 bits per heavy atom. The van der Waals surface area contributed by atoms with Gasteiger partial charge in [-0.1, -0.05) is 18.2 Å². The van der Waals surface area contributed by atoms with E-state index in [-0.39, 0.29) is 0 Å². The molecule has 0 spiro atoms. The number of aromatic nitrogens is 2. The Kier molecular flexibility index (Phi) is 2.64. The summed E-state index contributed by atoms with van der Waals surface area (Å²) in [6.07, 6.45) is 0. The second-order valence-electron chi connectivity index (χ2n) is 4.14. The molecular formula is C14H13N3S. The maximum atomic E-state index is 5.70. The van der Waals surface area contributed by atoms with Crippen molar-refractivity contribution in [2.45, 2.75) is 0 Å². The van der Waals surface area contributed by atoms with Gasteiger partial charge in [-0.05, 0) is 35.2 Å². The van der Waals surface area contributed by atoms with E-state index in [1.165, 1.54) is 4.88 Å². The number of anilines is 1. The molecule has 2 heterocycles. The van der Waals surface area contributed by atoms with Crippen molar-refractivity contribution in [3.8, 4) is 21.8 Å². The summed E-state index contributed by atoms with van der Waals surface area (Å²) in [7, 11) is 1.96.